The molecule has 0 unspecified atom stereocenters. The fourth-order valence-corrected chi connectivity index (χ4v) is 1.90. The lowest BCUT2D eigenvalue weighted by Gasteiger charge is -2.18. The average Bonchev–Trinajstić information content (AvgIpc) is 2.41. The van der Waals surface area contributed by atoms with E-state index in [9.17, 15) is 0 Å². The number of hydrogen-bond acceptors (Lipinski definition) is 2. The molecule has 0 aromatic carbocycles. The van der Waals surface area contributed by atoms with Crippen LogP contribution < -0.4 is 10.6 Å². The normalized spacial score (nSPS) is 11.7. The van der Waals surface area contributed by atoms with Crippen LogP contribution in [0.2, 0.25) is 0 Å². The molecule has 1 heterocycles. The molecule has 0 radical (unpaired) electrons. The molecule has 0 spiro atoms. The first-order valence-electron chi connectivity index (χ1n) is 7.36. The third-order valence-corrected chi connectivity index (χ3v) is 3.02. The van der Waals surface area contributed by atoms with Crippen molar-refractivity contribution in [3.8, 4) is 0 Å². The standard InChI is InChI=1S/C16H28N4.HI/c1-16(2,3)10-7-12-19-15(17-4)20-13-9-14-8-5-6-11-18-14;/h5-6,8,11H,7,9-10,12-13H2,1-4H3,(H2,17,19,20);1H. The number of rotatable bonds is 6. The maximum atomic E-state index is 4.30. The summed E-state index contributed by atoms with van der Waals surface area (Å²) >= 11 is 0. The predicted octanol–water partition coefficient (Wildman–Crippen LogP) is 3.23. The molecule has 0 saturated heterocycles. The van der Waals surface area contributed by atoms with Gasteiger partial charge in [-0.2, -0.15) is 0 Å². The number of pyridine rings is 1. The Labute approximate surface area is 146 Å². The second-order valence-corrected chi connectivity index (χ2v) is 6.16. The molecule has 0 amide bonds. The lowest BCUT2D eigenvalue weighted by Crippen LogP contribution is -2.39. The Morgan fingerprint density at radius 1 is 1.19 bits per heavy atom. The zero-order chi connectivity index (χ0) is 14.8. The fourth-order valence-electron chi connectivity index (χ4n) is 1.90. The van der Waals surface area contributed by atoms with E-state index in [0.717, 1.165) is 37.6 Å². The number of aromatic nitrogens is 1. The van der Waals surface area contributed by atoms with Gasteiger partial charge in [-0.1, -0.05) is 26.8 Å². The number of halogens is 1. The van der Waals surface area contributed by atoms with Gasteiger partial charge in [-0.25, -0.2) is 0 Å². The van der Waals surface area contributed by atoms with Crippen molar-refractivity contribution in [1.82, 2.24) is 15.6 Å². The van der Waals surface area contributed by atoms with Crippen LogP contribution in [0, 0.1) is 5.41 Å². The minimum atomic E-state index is 0. The molecule has 0 aliphatic heterocycles. The van der Waals surface area contributed by atoms with E-state index in [4.69, 9.17) is 0 Å². The average molecular weight is 404 g/mol. The maximum absolute atomic E-state index is 4.30. The van der Waals surface area contributed by atoms with Gasteiger partial charge in [-0.05, 0) is 30.4 Å². The zero-order valence-corrected chi connectivity index (χ0v) is 16.0. The summed E-state index contributed by atoms with van der Waals surface area (Å²) in [6.07, 6.45) is 5.10. The highest BCUT2D eigenvalue weighted by Gasteiger charge is 2.09. The number of guanidine groups is 1. The Bertz CT molecular complexity index is 398. The Morgan fingerprint density at radius 2 is 1.90 bits per heavy atom. The van der Waals surface area contributed by atoms with Crippen LogP contribution in [0.25, 0.3) is 0 Å². The van der Waals surface area contributed by atoms with Crippen LogP contribution in [0.15, 0.2) is 29.4 Å². The van der Waals surface area contributed by atoms with E-state index in [2.05, 4.69) is 41.4 Å². The van der Waals surface area contributed by atoms with Crippen molar-refractivity contribution < 1.29 is 0 Å². The highest BCUT2D eigenvalue weighted by molar-refractivity contribution is 14.0. The topological polar surface area (TPSA) is 49.3 Å². The second kappa shape index (κ2) is 10.8. The van der Waals surface area contributed by atoms with Crippen molar-refractivity contribution in [3.05, 3.63) is 30.1 Å². The van der Waals surface area contributed by atoms with Crippen LogP contribution in [0.1, 0.15) is 39.3 Å². The highest BCUT2D eigenvalue weighted by atomic mass is 127. The SMILES string of the molecule is CN=C(NCCCC(C)(C)C)NCCc1ccccn1.I. The summed E-state index contributed by atoms with van der Waals surface area (Å²) in [4.78, 5) is 8.53. The summed E-state index contributed by atoms with van der Waals surface area (Å²) in [6, 6.07) is 6.00. The van der Waals surface area contributed by atoms with Crippen LogP contribution in [-0.4, -0.2) is 31.1 Å². The molecule has 120 valence electrons. The first-order valence-corrected chi connectivity index (χ1v) is 7.36. The van der Waals surface area contributed by atoms with E-state index in [0.29, 0.717) is 5.41 Å². The lowest BCUT2D eigenvalue weighted by molar-refractivity contribution is 0.365. The van der Waals surface area contributed by atoms with Crippen LogP contribution in [-0.2, 0) is 6.42 Å². The smallest absolute Gasteiger partial charge is 0.190 e. The van der Waals surface area contributed by atoms with Crippen molar-refractivity contribution in [2.45, 2.75) is 40.0 Å². The Kier molecular flexibility index (Phi) is 10.4. The molecule has 1 rings (SSSR count). The molecule has 21 heavy (non-hydrogen) atoms. The molecule has 4 nitrogen and oxygen atoms in total. The van der Waals surface area contributed by atoms with Gasteiger partial charge >= 0.3 is 0 Å². The predicted molar refractivity (Wildman–Crippen MR) is 101 cm³/mol. The maximum Gasteiger partial charge on any atom is 0.190 e. The van der Waals surface area contributed by atoms with E-state index in [1.807, 2.05) is 24.4 Å². The summed E-state index contributed by atoms with van der Waals surface area (Å²) in [5.74, 6) is 0.870. The van der Waals surface area contributed by atoms with E-state index in [-0.39, 0.29) is 24.0 Å². The molecular formula is C16H29IN4. The molecule has 0 saturated carbocycles. The molecule has 1 aromatic heterocycles. The van der Waals surface area contributed by atoms with E-state index in [1.165, 1.54) is 6.42 Å². The van der Waals surface area contributed by atoms with Gasteiger partial charge in [0.05, 0.1) is 0 Å². The molecule has 0 fully saturated rings. The van der Waals surface area contributed by atoms with Crippen LogP contribution in [0.3, 0.4) is 0 Å². The van der Waals surface area contributed by atoms with Gasteiger partial charge < -0.3 is 10.6 Å². The lowest BCUT2D eigenvalue weighted by atomic mass is 9.91. The van der Waals surface area contributed by atoms with Crippen molar-refractivity contribution in [1.29, 1.82) is 0 Å². The molecule has 0 aliphatic rings. The minimum absolute atomic E-state index is 0. The Morgan fingerprint density at radius 3 is 2.48 bits per heavy atom. The monoisotopic (exact) mass is 404 g/mol. The molecular weight excluding hydrogens is 375 g/mol. The van der Waals surface area contributed by atoms with Crippen molar-refractivity contribution in [3.63, 3.8) is 0 Å². The van der Waals surface area contributed by atoms with Gasteiger partial charge in [-0.15, -0.1) is 24.0 Å². The molecule has 0 bridgehead atoms. The van der Waals surface area contributed by atoms with Gasteiger partial charge in [0.25, 0.3) is 0 Å². The van der Waals surface area contributed by atoms with Gasteiger partial charge in [0, 0.05) is 38.4 Å². The highest BCUT2D eigenvalue weighted by Crippen LogP contribution is 2.19. The number of nitrogens with zero attached hydrogens (tertiary/aromatic N) is 2. The summed E-state index contributed by atoms with van der Waals surface area (Å²) in [5.41, 5.74) is 1.50. The van der Waals surface area contributed by atoms with Gasteiger partial charge in [-0.3, -0.25) is 9.98 Å². The fraction of sp³-hybridized carbons (Fsp3) is 0.625. The third-order valence-electron chi connectivity index (χ3n) is 3.02. The second-order valence-electron chi connectivity index (χ2n) is 6.16. The first kappa shape index (κ1) is 20.1. The number of aliphatic imine (C=N–C) groups is 1. The molecule has 0 atom stereocenters. The summed E-state index contributed by atoms with van der Waals surface area (Å²) in [7, 11) is 1.81. The number of hydrogen-bond donors (Lipinski definition) is 2. The number of nitrogens with one attached hydrogen (secondary N) is 2. The van der Waals surface area contributed by atoms with E-state index >= 15 is 0 Å². The van der Waals surface area contributed by atoms with E-state index < -0.39 is 0 Å². The van der Waals surface area contributed by atoms with Crippen LogP contribution >= 0.6 is 24.0 Å². The Hall–Kier alpha value is -0.850. The molecule has 5 heteroatoms. The van der Waals surface area contributed by atoms with Crippen molar-refractivity contribution in [2.75, 3.05) is 20.1 Å². The van der Waals surface area contributed by atoms with Gasteiger partial charge in [0.2, 0.25) is 0 Å². The third kappa shape index (κ3) is 10.5. The Balaban J connectivity index is 0.00000400. The molecule has 2 N–H and O–H groups in total. The minimum Gasteiger partial charge on any atom is -0.356 e. The molecule has 1 aromatic rings. The van der Waals surface area contributed by atoms with Crippen LogP contribution in [0.4, 0.5) is 0 Å². The summed E-state index contributed by atoms with van der Waals surface area (Å²) < 4.78 is 0. The first-order chi connectivity index (χ1) is 9.51. The quantitative estimate of drug-likeness (QED) is 0.331. The van der Waals surface area contributed by atoms with Gasteiger partial charge in [0.15, 0.2) is 5.96 Å². The zero-order valence-electron chi connectivity index (χ0n) is 13.6. The van der Waals surface area contributed by atoms with Crippen molar-refractivity contribution in [2.24, 2.45) is 10.4 Å². The molecule has 0 aliphatic carbocycles. The van der Waals surface area contributed by atoms with Crippen LogP contribution in [0.5, 0.6) is 0 Å². The van der Waals surface area contributed by atoms with Gasteiger partial charge in [0.1, 0.15) is 0 Å². The summed E-state index contributed by atoms with van der Waals surface area (Å²) in [6.45, 7) is 8.61. The van der Waals surface area contributed by atoms with Crippen molar-refractivity contribution >= 4 is 29.9 Å². The largest absolute Gasteiger partial charge is 0.356 e. The summed E-state index contributed by atoms with van der Waals surface area (Å²) in [5, 5.41) is 6.66. The van der Waals surface area contributed by atoms with E-state index in [1.54, 1.807) is 7.05 Å².